The molecule has 0 amide bonds. The molecule has 0 bridgehead atoms. The van der Waals surface area contributed by atoms with Gasteiger partial charge >= 0.3 is 0 Å². The molecule has 0 aliphatic carbocycles. The predicted molar refractivity (Wildman–Crippen MR) is 357 cm³/mol. The lowest BCUT2D eigenvalue weighted by atomic mass is 9.33. The van der Waals surface area contributed by atoms with Gasteiger partial charge in [-0.15, -0.1) is 0 Å². The molecule has 0 atom stereocenters. The van der Waals surface area contributed by atoms with Crippen LogP contribution in [0.5, 0.6) is 0 Å². The van der Waals surface area contributed by atoms with Crippen LogP contribution in [0.4, 0.5) is 51.2 Å². The Morgan fingerprint density at radius 1 is 0.381 bits per heavy atom. The molecule has 0 fully saturated rings. The quantitative estimate of drug-likeness (QED) is 0.149. The second-order valence-corrected chi connectivity index (χ2v) is 27.4. The molecule has 12 aromatic rings. The lowest BCUT2D eigenvalue weighted by molar-refractivity contribution is 0.590. The first-order valence-electron chi connectivity index (χ1n) is 29.8. The largest absolute Gasteiger partial charge is 0.456 e. The Hall–Kier alpha value is -9.07. The van der Waals surface area contributed by atoms with Gasteiger partial charge in [0.15, 0.2) is 0 Å². The molecule has 0 radical (unpaired) electrons. The van der Waals surface area contributed by atoms with Gasteiger partial charge in [0.1, 0.15) is 17.0 Å². The van der Waals surface area contributed by atoms with Crippen LogP contribution in [-0.4, -0.2) is 16.3 Å². The SMILES string of the molecule is CC(C)(C)c1ccc(-c2nc3cc4c(cc3n2-c2ccccc2)B2c3ccc(N(c5ccccc5)c5ccccc5)cc3N(c3ccc(C(C)(C)C)cc3)c3cc(C(C)(C)C)cc(c32)N4c2ccc3oc4ccc(C(C)(C)C)cc4c3c2)cc1. The smallest absolute Gasteiger partial charge is 0.252 e. The van der Waals surface area contributed by atoms with E-state index in [2.05, 4.69) is 321 Å². The van der Waals surface area contributed by atoms with Crippen LogP contribution >= 0.6 is 0 Å². The van der Waals surface area contributed by atoms with Gasteiger partial charge in [-0.1, -0.05) is 186 Å². The van der Waals surface area contributed by atoms with Crippen LogP contribution in [0.2, 0.25) is 0 Å². The number of benzene rings is 10. The third-order valence-electron chi connectivity index (χ3n) is 17.6. The van der Waals surface area contributed by atoms with Crippen molar-refractivity contribution in [2.24, 2.45) is 0 Å². The third kappa shape index (κ3) is 8.90. The van der Waals surface area contributed by atoms with E-state index in [1.807, 2.05) is 0 Å². The van der Waals surface area contributed by atoms with Crippen molar-refractivity contribution in [2.75, 3.05) is 14.7 Å². The highest BCUT2D eigenvalue weighted by Crippen LogP contribution is 2.50. The van der Waals surface area contributed by atoms with Crippen molar-refractivity contribution in [1.29, 1.82) is 0 Å². The summed E-state index contributed by atoms with van der Waals surface area (Å²) in [5, 5.41) is 2.21. The number of hydrogen-bond donors (Lipinski definition) is 0. The van der Waals surface area contributed by atoms with Gasteiger partial charge in [-0.05, 0) is 176 Å². The Morgan fingerprint density at radius 3 is 1.46 bits per heavy atom. The van der Waals surface area contributed by atoms with Crippen LogP contribution in [-0.2, 0) is 21.7 Å². The molecule has 7 heteroatoms. The number of furan rings is 1. The molecule has 2 aromatic heterocycles. The number of anilines is 9. The van der Waals surface area contributed by atoms with Gasteiger partial charge in [-0.2, -0.15) is 0 Å². The molecule has 4 heterocycles. The molecule has 10 aromatic carbocycles. The maximum absolute atomic E-state index is 6.68. The topological polar surface area (TPSA) is 40.7 Å². The fraction of sp³-hybridized carbons (Fsp3) is 0.208. The minimum atomic E-state index is -0.224. The van der Waals surface area contributed by atoms with E-state index in [1.54, 1.807) is 0 Å². The minimum absolute atomic E-state index is 0.00581. The van der Waals surface area contributed by atoms with E-state index in [0.717, 1.165) is 101 Å². The summed E-state index contributed by atoms with van der Waals surface area (Å²) in [6.07, 6.45) is 0. The van der Waals surface area contributed by atoms with Gasteiger partial charge in [0.05, 0.1) is 11.0 Å². The zero-order valence-electron chi connectivity index (χ0n) is 50.5. The van der Waals surface area contributed by atoms with Crippen molar-refractivity contribution < 1.29 is 4.42 Å². The van der Waals surface area contributed by atoms with E-state index in [9.17, 15) is 0 Å². The highest BCUT2D eigenvalue weighted by atomic mass is 16.3. The Kier molecular flexibility index (Phi) is 12.1. The fourth-order valence-electron chi connectivity index (χ4n) is 12.9. The number of aromatic nitrogens is 2. The van der Waals surface area contributed by atoms with Crippen LogP contribution in [0, 0.1) is 0 Å². The van der Waals surface area contributed by atoms with Gasteiger partial charge in [0, 0.05) is 73.2 Å². The molecule has 14 rings (SSSR count). The van der Waals surface area contributed by atoms with Crippen LogP contribution in [0.1, 0.15) is 105 Å². The maximum Gasteiger partial charge on any atom is 0.252 e. The maximum atomic E-state index is 6.68. The van der Waals surface area contributed by atoms with Crippen molar-refractivity contribution in [1.82, 2.24) is 9.55 Å². The van der Waals surface area contributed by atoms with Crippen LogP contribution < -0.4 is 31.1 Å². The minimum Gasteiger partial charge on any atom is -0.456 e. The van der Waals surface area contributed by atoms with Crippen LogP contribution in [0.25, 0.3) is 50.0 Å². The first kappa shape index (κ1) is 53.0. The fourth-order valence-corrected chi connectivity index (χ4v) is 12.9. The number of fused-ring (bicyclic) bond motifs is 8. The second kappa shape index (κ2) is 19.3. The molecular weight excluding hydrogens is 1020 g/mol. The molecule has 0 saturated carbocycles. The van der Waals surface area contributed by atoms with Crippen molar-refractivity contribution >= 4 is 107 Å². The van der Waals surface area contributed by atoms with Crippen LogP contribution in [0.15, 0.2) is 223 Å². The van der Waals surface area contributed by atoms with Crippen molar-refractivity contribution in [2.45, 2.75) is 105 Å². The van der Waals surface area contributed by atoms with Crippen molar-refractivity contribution in [3.05, 3.63) is 241 Å². The predicted octanol–water partition coefficient (Wildman–Crippen LogP) is 19.3. The summed E-state index contributed by atoms with van der Waals surface area (Å²) in [6, 6.07) is 81.3. The van der Waals surface area contributed by atoms with Gasteiger partial charge in [-0.3, -0.25) is 4.57 Å². The summed E-state index contributed by atoms with van der Waals surface area (Å²) in [5.74, 6) is 0.903. The molecule has 2 aliphatic rings. The van der Waals surface area contributed by atoms with E-state index in [0.29, 0.717) is 0 Å². The molecule has 0 N–H and O–H groups in total. The number of nitrogens with zero attached hydrogens (tertiary/aromatic N) is 5. The van der Waals surface area contributed by atoms with Gasteiger partial charge < -0.3 is 19.1 Å². The molecule has 84 heavy (non-hydrogen) atoms. The molecule has 6 nitrogen and oxygen atoms in total. The first-order valence-corrected chi connectivity index (χ1v) is 29.8. The van der Waals surface area contributed by atoms with Gasteiger partial charge in [0.2, 0.25) is 0 Å². The van der Waals surface area contributed by atoms with Crippen LogP contribution in [0.3, 0.4) is 0 Å². The number of hydrogen-bond acceptors (Lipinski definition) is 5. The zero-order valence-corrected chi connectivity index (χ0v) is 50.5. The highest BCUT2D eigenvalue weighted by molar-refractivity contribution is 7.00. The van der Waals surface area contributed by atoms with E-state index in [1.165, 1.54) is 38.6 Å². The average Bonchev–Trinajstić information content (AvgIpc) is 2.41. The van der Waals surface area contributed by atoms with Gasteiger partial charge in [-0.25, -0.2) is 4.98 Å². The number of imidazole rings is 1. The summed E-state index contributed by atoms with van der Waals surface area (Å²) in [4.78, 5) is 13.2. The summed E-state index contributed by atoms with van der Waals surface area (Å²) in [5.41, 5.74) is 24.3. The lowest BCUT2D eigenvalue weighted by Gasteiger charge is -2.45. The lowest BCUT2D eigenvalue weighted by Crippen LogP contribution is -2.61. The Balaban J connectivity index is 1.10. The number of para-hydroxylation sites is 3. The summed E-state index contributed by atoms with van der Waals surface area (Å²) in [7, 11) is 0. The third-order valence-corrected chi connectivity index (χ3v) is 17.6. The molecule has 2 aliphatic heterocycles. The molecule has 0 saturated heterocycles. The summed E-state index contributed by atoms with van der Waals surface area (Å²) >= 11 is 0. The first-order chi connectivity index (χ1) is 40.2. The van der Waals surface area contributed by atoms with E-state index < -0.39 is 0 Å². The molecule has 0 spiro atoms. The Labute approximate surface area is 495 Å². The standard InChI is InChI=1S/C77H72BN5O/c1-74(2,3)50-30-28-49(29-31-50)73-79-64-48-66-63(47-67(64)83(73)56-26-20-15-21-27-56)78-62-39-37-59(80(54-22-16-13-17-23-54)55-24-18-14-19-25-55)46-65(62)81(57-35-32-51(33-36-57)75(4,5)6)68-43-53(77(10,11)12)44-69(72(68)78)82(66)58-38-41-71-61(45-58)60-42-52(76(7,8)9)34-40-70(60)84-71/h13-48H,1-12H3. The highest BCUT2D eigenvalue weighted by Gasteiger charge is 2.45. The van der Waals surface area contributed by atoms with Gasteiger partial charge in [0.25, 0.3) is 6.71 Å². The summed E-state index contributed by atoms with van der Waals surface area (Å²) < 4.78 is 9.07. The summed E-state index contributed by atoms with van der Waals surface area (Å²) in [6.45, 7) is 27.4. The molecular formula is C77H72BN5O. The number of rotatable bonds is 7. The Bertz CT molecular complexity index is 4470. The molecule has 0 unspecified atom stereocenters. The molecule has 414 valence electrons. The average molecular weight is 1090 g/mol. The van der Waals surface area contributed by atoms with Crippen molar-refractivity contribution in [3.8, 4) is 17.1 Å². The van der Waals surface area contributed by atoms with E-state index in [4.69, 9.17) is 9.40 Å². The van der Waals surface area contributed by atoms with Crippen molar-refractivity contribution in [3.63, 3.8) is 0 Å². The normalized spacial score (nSPS) is 13.4. The zero-order chi connectivity index (χ0) is 58.2. The van der Waals surface area contributed by atoms with E-state index in [-0.39, 0.29) is 28.4 Å². The van der Waals surface area contributed by atoms with E-state index >= 15 is 0 Å². The monoisotopic (exact) mass is 1090 g/mol. The second-order valence-electron chi connectivity index (χ2n) is 27.4. The Morgan fingerprint density at radius 2 is 0.881 bits per heavy atom.